The van der Waals surface area contributed by atoms with Gasteiger partial charge in [0.25, 0.3) is 0 Å². The zero-order chi connectivity index (χ0) is 8.24. The zero-order valence-corrected chi connectivity index (χ0v) is 17.7. The van der Waals surface area contributed by atoms with E-state index in [0.29, 0.717) is 0 Å². The van der Waals surface area contributed by atoms with E-state index in [2.05, 4.69) is 27.7 Å². The van der Waals surface area contributed by atoms with E-state index in [4.69, 9.17) is 0 Å². The lowest BCUT2D eigenvalue weighted by Crippen LogP contribution is -1.59. The van der Waals surface area contributed by atoms with Gasteiger partial charge in [0.1, 0.15) is 0 Å². The predicted molar refractivity (Wildman–Crippen MR) is 119 cm³/mol. The molecule has 0 fully saturated rings. The summed E-state index contributed by atoms with van der Waals surface area (Å²) < 4.78 is 0. The van der Waals surface area contributed by atoms with Crippen LogP contribution in [0, 0.1) is 0 Å². The molecular formula is C10H62O19. The third-order valence-electron chi connectivity index (χ3n) is 1.41. The molecule has 0 heterocycles. The van der Waals surface area contributed by atoms with E-state index in [-0.39, 0.29) is 104 Å². The first-order valence-electron chi connectivity index (χ1n) is 4.83. The maximum Gasteiger partial charge on any atom is -0.0538 e. The second-order valence-corrected chi connectivity index (χ2v) is 2.71. The van der Waals surface area contributed by atoms with Crippen molar-refractivity contribution in [3.8, 4) is 0 Å². The van der Waals surface area contributed by atoms with Crippen LogP contribution in [0.5, 0.6) is 0 Å². The summed E-state index contributed by atoms with van der Waals surface area (Å²) in [5, 5.41) is 0. The highest BCUT2D eigenvalue weighted by Crippen LogP contribution is 1.88. The first kappa shape index (κ1) is 400. The Kier molecular flexibility index (Phi) is 9420. The molecule has 0 aliphatic heterocycles. The van der Waals surface area contributed by atoms with Gasteiger partial charge in [-0.25, -0.2) is 0 Å². The minimum absolute atomic E-state index is 0. The fourth-order valence-electron chi connectivity index (χ4n) is 0.707. The normalized spacial score (nSPS) is 2.90. The van der Waals surface area contributed by atoms with Crippen LogP contribution in [0.1, 0.15) is 66.2 Å². The second-order valence-electron chi connectivity index (χ2n) is 2.71. The highest BCUT2D eigenvalue weighted by molar-refractivity contribution is 4.24. The number of rotatable bonds is 4. The van der Waals surface area contributed by atoms with E-state index in [1.165, 1.54) is 38.5 Å². The second kappa shape index (κ2) is 683. The topological polar surface area (TPSA) is 598 Å². The number of hydrogen-bond donors (Lipinski definition) is 0. The van der Waals surface area contributed by atoms with Crippen molar-refractivity contribution in [3.63, 3.8) is 0 Å². The van der Waals surface area contributed by atoms with Gasteiger partial charge >= 0.3 is 0 Å². The Balaban J connectivity index is -0.00000000140. The van der Waals surface area contributed by atoms with Crippen molar-refractivity contribution in [1.29, 1.82) is 0 Å². The van der Waals surface area contributed by atoms with Gasteiger partial charge in [0, 0.05) is 0 Å². The molecule has 29 heavy (non-hydrogen) atoms. The Hall–Kier alpha value is -0.760. The van der Waals surface area contributed by atoms with Gasteiger partial charge in [-0.05, 0) is 0 Å². The summed E-state index contributed by atoms with van der Waals surface area (Å²) in [5.41, 5.74) is 0. The van der Waals surface area contributed by atoms with Crippen LogP contribution in [0.3, 0.4) is 0 Å². The van der Waals surface area contributed by atoms with Crippen LogP contribution < -0.4 is 0 Å². The smallest absolute Gasteiger partial charge is 0.0538 e. The monoisotopic (exact) mass is 486 g/mol. The minimum Gasteiger partial charge on any atom is -0.412 e. The summed E-state index contributed by atoms with van der Waals surface area (Å²) in [7, 11) is 0. The van der Waals surface area contributed by atoms with E-state index in [1.807, 2.05) is 0 Å². The fourth-order valence-corrected chi connectivity index (χ4v) is 0.707. The molecule has 0 bridgehead atoms. The number of unbranched alkanes of at least 4 members (excludes halogenated alkanes) is 4. The van der Waals surface area contributed by atoms with E-state index < -0.39 is 0 Å². The fraction of sp³-hybridized carbons (Fsp3) is 1.00. The molecule has 0 amide bonds. The van der Waals surface area contributed by atoms with Crippen LogP contribution in [-0.4, -0.2) is 104 Å². The third-order valence-corrected chi connectivity index (χ3v) is 1.41. The standard InChI is InChI=1S/2C5H12.19H2O/c2*1-3-5-4-2;;;;;;;;;;;;;;;;;;;/h2*3-5H2,1-2H3;19*1H2. The predicted octanol–water partition coefficient (Wildman–Crippen LogP) is -11.3. The highest BCUT2D eigenvalue weighted by Gasteiger charge is 1.68. The lowest BCUT2D eigenvalue weighted by Gasteiger charge is -1.79. The summed E-state index contributed by atoms with van der Waals surface area (Å²) in [4.78, 5) is 0. The third kappa shape index (κ3) is 1650. The molecule has 0 spiro atoms. The summed E-state index contributed by atoms with van der Waals surface area (Å²) in [6.45, 7) is 8.85. The van der Waals surface area contributed by atoms with Gasteiger partial charge in [-0.3, -0.25) is 0 Å². The quantitative estimate of drug-likeness (QED) is 0.357. The van der Waals surface area contributed by atoms with E-state index >= 15 is 0 Å². The molecule has 0 saturated carbocycles. The zero-order valence-electron chi connectivity index (χ0n) is 17.7. The minimum atomic E-state index is 0. The van der Waals surface area contributed by atoms with Crippen molar-refractivity contribution < 1.29 is 104 Å². The van der Waals surface area contributed by atoms with Crippen LogP contribution in [-0.2, 0) is 0 Å². The molecule has 19 nitrogen and oxygen atoms in total. The van der Waals surface area contributed by atoms with Crippen molar-refractivity contribution in [2.75, 3.05) is 0 Å². The molecular weight excluding hydrogens is 424 g/mol. The molecule has 0 aromatic rings. The van der Waals surface area contributed by atoms with Crippen LogP contribution in [0.25, 0.3) is 0 Å². The molecule has 0 aromatic carbocycles. The summed E-state index contributed by atoms with van der Waals surface area (Å²) >= 11 is 0. The molecule has 0 aromatic heterocycles. The highest BCUT2D eigenvalue weighted by atomic mass is 16.0. The van der Waals surface area contributed by atoms with Crippen LogP contribution in [0.2, 0.25) is 0 Å². The molecule has 216 valence electrons. The van der Waals surface area contributed by atoms with Gasteiger partial charge in [-0.15, -0.1) is 0 Å². The maximum absolute atomic E-state index is 2.21. The largest absolute Gasteiger partial charge is 0.412 e. The average Bonchev–Trinajstić information content (AvgIpc) is 1.93. The Labute approximate surface area is 171 Å². The van der Waals surface area contributed by atoms with Gasteiger partial charge in [-0.1, -0.05) is 66.2 Å². The van der Waals surface area contributed by atoms with E-state index in [9.17, 15) is 0 Å². The van der Waals surface area contributed by atoms with Crippen LogP contribution in [0.15, 0.2) is 0 Å². The molecule has 19 heteroatoms. The van der Waals surface area contributed by atoms with Gasteiger partial charge < -0.3 is 104 Å². The maximum atomic E-state index is 2.21. The Morgan fingerprint density at radius 2 is 0.276 bits per heavy atom. The summed E-state index contributed by atoms with van der Waals surface area (Å²) in [6, 6.07) is 0. The molecule has 0 saturated heterocycles. The molecule has 38 N–H and O–H groups in total. The molecule has 0 atom stereocenters. The molecule has 0 unspecified atom stereocenters. The Morgan fingerprint density at radius 1 is 0.207 bits per heavy atom. The Bertz CT molecular complexity index is 48.0. The summed E-state index contributed by atoms with van der Waals surface area (Å²) in [5.74, 6) is 0. The molecule has 0 aliphatic carbocycles. The van der Waals surface area contributed by atoms with Crippen molar-refractivity contribution in [2.45, 2.75) is 66.2 Å². The van der Waals surface area contributed by atoms with E-state index in [1.54, 1.807) is 0 Å². The van der Waals surface area contributed by atoms with Gasteiger partial charge in [0.15, 0.2) is 0 Å². The van der Waals surface area contributed by atoms with Crippen molar-refractivity contribution >= 4 is 0 Å². The number of hydrogen-bond acceptors (Lipinski definition) is 0. The molecule has 0 rings (SSSR count). The lowest BCUT2D eigenvalue weighted by molar-refractivity contribution is 0.772. The first-order chi connectivity index (χ1) is 4.83. The first-order valence-corrected chi connectivity index (χ1v) is 4.83. The Morgan fingerprint density at radius 3 is 0.276 bits per heavy atom. The van der Waals surface area contributed by atoms with Gasteiger partial charge in [0.2, 0.25) is 0 Å². The SMILES string of the molecule is CCCCC.CCCCC.O.O.O.O.O.O.O.O.O.O.O.O.O.O.O.O.O.O.O. The average molecular weight is 487 g/mol. The van der Waals surface area contributed by atoms with Crippen LogP contribution >= 0.6 is 0 Å². The van der Waals surface area contributed by atoms with Crippen molar-refractivity contribution in [1.82, 2.24) is 0 Å². The lowest BCUT2D eigenvalue weighted by atomic mass is 10.3. The van der Waals surface area contributed by atoms with Crippen molar-refractivity contribution in [3.05, 3.63) is 0 Å². The van der Waals surface area contributed by atoms with Gasteiger partial charge in [0.05, 0.1) is 0 Å². The van der Waals surface area contributed by atoms with Crippen LogP contribution in [0.4, 0.5) is 0 Å². The molecule has 0 aliphatic rings. The van der Waals surface area contributed by atoms with Gasteiger partial charge in [-0.2, -0.15) is 0 Å². The summed E-state index contributed by atoms with van der Waals surface area (Å²) in [6.07, 6.45) is 8.15. The van der Waals surface area contributed by atoms with Crippen molar-refractivity contribution in [2.24, 2.45) is 0 Å². The molecule has 0 radical (unpaired) electrons. The van der Waals surface area contributed by atoms with E-state index in [0.717, 1.165) is 0 Å².